The lowest BCUT2D eigenvalue weighted by Crippen LogP contribution is -2.40. The molecule has 1 aromatic heterocycles. The molecule has 1 amide bonds. The first-order valence-electron chi connectivity index (χ1n) is 6.09. The van der Waals surface area contributed by atoms with Crippen molar-refractivity contribution in [3.8, 4) is 0 Å². The summed E-state index contributed by atoms with van der Waals surface area (Å²) >= 11 is 0. The van der Waals surface area contributed by atoms with Crippen molar-refractivity contribution in [1.29, 1.82) is 0 Å². The molecule has 100 valence electrons. The Balaban J connectivity index is 2.53. The molecule has 0 unspecified atom stereocenters. The molecular weight excluding hydrogens is 240 g/mol. The van der Waals surface area contributed by atoms with Gasteiger partial charge in [0.2, 0.25) is 0 Å². The normalized spacial score (nSPS) is 11.4. The van der Waals surface area contributed by atoms with Crippen molar-refractivity contribution in [2.24, 2.45) is 5.84 Å². The van der Waals surface area contributed by atoms with Gasteiger partial charge in [0.1, 0.15) is 5.82 Å². The second kappa shape index (κ2) is 4.85. The van der Waals surface area contributed by atoms with E-state index in [1.807, 2.05) is 45.0 Å². The molecule has 0 atom stereocenters. The van der Waals surface area contributed by atoms with Crippen LogP contribution in [-0.2, 0) is 0 Å². The molecule has 0 bridgehead atoms. The van der Waals surface area contributed by atoms with Crippen molar-refractivity contribution in [3.63, 3.8) is 0 Å². The Hall–Kier alpha value is -2.14. The number of fused-ring (bicyclic) bond motifs is 1. The van der Waals surface area contributed by atoms with E-state index in [2.05, 4.69) is 15.7 Å². The smallest absolute Gasteiger partial charge is 0.253 e. The number of nitrogens with one attached hydrogen (secondary N) is 2. The molecular formula is C14H18N4O. The predicted octanol–water partition coefficient (Wildman–Crippen LogP) is 2.05. The van der Waals surface area contributed by atoms with E-state index in [9.17, 15) is 4.79 Å². The lowest BCUT2D eigenvalue weighted by atomic mass is 10.0. The van der Waals surface area contributed by atoms with Gasteiger partial charge in [0.25, 0.3) is 5.91 Å². The average Bonchev–Trinajstić information content (AvgIpc) is 2.35. The number of nitrogen functional groups attached to an aromatic ring is 1. The molecule has 2 aromatic rings. The third-order valence-corrected chi connectivity index (χ3v) is 2.66. The number of pyridine rings is 1. The highest BCUT2D eigenvalue weighted by atomic mass is 16.1. The predicted molar refractivity (Wildman–Crippen MR) is 76.8 cm³/mol. The fourth-order valence-corrected chi connectivity index (χ4v) is 1.90. The molecule has 0 radical (unpaired) electrons. The molecule has 1 aromatic carbocycles. The summed E-state index contributed by atoms with van der Waals surface area (Å²) in [5.74, 6) is 5.85. The number of nitrogens with zero attached hydrogens (tertiary/aromatic N) is 1. The Morgan fingerprint density at radius 1 is 1.21 bits per heavy atom. The molecule has 0 saturated carbocycles. The lowest BCUT2D eigenvalue weighted by molar-refractivity contribution is 0.0921. The third kappa shape index (κ3) is 2.82. The minimum Gasteiger partial charge on any atom is -0.347 e. The van der Waals surface area contributed by atoms with E-state index in [0.29, 0.717) is 11.4 Å². The number of rotatable bonds is 2. The molecule has 1 heterocycles. The van der Waals surface area contributed by atoms with Gasteiger partial charge >= 0.3 is 0 Å². The van der Waals surface area contributed by atoms with Crippen LogP contribution < -0.4 is 16.6 Å². The van der Waals surface area contributed by atoms with E-state index >= 15 is 0 Å². The molecule has 0 spiro atoms. The summed E-state index contributed by atoms with van der Waals surface area (Å²) in [4.78, 5) is 16.5. The number of carbonyl (C=O) groups excluding carboxylic acids is 1. The zero-order valence-electron chi connectivity index (χ0n) is 11.3. The Bertz CT molecular complexity index is 616. The van der Waals surface area contributed by atoms with Crippen LogP contribution in [0.15, 0.2) is 30.5 Å². The summed E-state index contributed by atoms with van der Waals surface area (Å²) in [6, 6.07) is 7.54. The number of benzene rings is 1. The number of aromatic nitrogens is 1. The second-order valence-corrected chi connectivity index (χ2v) is 5.41. The van der Waals surface area contributed by atoms with Crippen LogP contribution in [0.1, 0.15) is 31.1 Å². The summed E-state index contributed by atoms with van der Waals surface area (Å²) in [7, 11) is 0. The van der Waals surface area contributed by atoms with E-state index in [-0.39, 0.29) is 11.4 Å². The number of anilines is 1. The van der Waals surface area contributed by atoms with Crippen molar-refractivity contribution in [2.45, 2.75) is 26.3 Å². The maximum Gasteiger partial charge on any atom is 0.253 e. The minimum atomic E-state index is -0.289. The Morgan fingerprint density at radius 2 is 1.84 bits per heavy atom. The highest BCUT2D eigenvalue weighted by Crippen LogP contribution is 2.24. The maximum absolute atomic E-state index is 12.3. The minimum absolute atomic E-state index is 0.139. The molecule has 0 aliphatic heterocycles. The topological polar surface area (TPSA) is 80.0 Å². The number of carbonyl (C=O) groups is 1. The van der Waals surface area contributed by atoms with Crippen molar-refractivity contribution in [1.82, 2.24) is 10.3 Å². The van der Waals surface area contributed by atoms with E-state index in [1.54, 1.807) is 6.20 Å². The Morgan fingerprint density at radius 3 is 2.42 bits per heavy atom. The first-order chi connectivity index (χ1) is 8.92. The number of hydrazine groups is 1. The molecule has 0 saturated heterocycles. The van der Waals surface area contributed by atoms with Gasteiger partial charge in [-0.2, -0.15) is 0 Å². The summed E-state index contributed by atoms with van der Waals surface area (Å²) < 4.78 is 0. The highest BCUT2D eigenvalue weighted by molar-refractivity contribution is 6.09. The van der Waals surface area contributed by atoms with Crippen LogP contribution in [0.3, 0.4) is 0 Å². The molecule has 5 nitrogen and oxygen atoms in total. The highest BCUT2D eigenvalue weighted by Gasteiger charge is 2.18. The summed E-state index contributed by atoms with van der Waals surface area (Å²) in [6.45, 7) is 5.82. The van der Waals surface area contributed by atoms with E-state index in [4.69, 9.17) is 5.84 Å². The van der Waals surface area contributed by atoms with Gasteiger partial charge in [0, 0.05) is 17.1 Å². The molecule has 0 fully saturated rings. The average molecular weight is 258 g/mol. The largest absolute Gasteiger partial charge is 0.347 e. The zero-order valence-corrected chi connectivity index (χ0v) is 11.3. The molecule has 0 aliphatic rings. The van der Waals surface area contributed by atoms with Crippen LogP contribution in [0, 0.1) is 0 Å². The van der Waals surface area contributed by atoms with Gasteiger partial charge < -0.3 is 10.7 Å². The molecule has 0 aliphatic carbocycles. The van der Waals surface area contributed by atoms with E-state index in [0.717, 1.165) is 10.8 Å². The standard InChI is InChI=1S/C14H18N4O/c1-14(2,3)17-13(19)11-8-16-12(18-15)10-7-5-4-6-9(10)11/h4-8H,15H2,1-3H3,(H,16,18)(H,17,19). The maximum atomic E-state index is 12.3. The van der Waals surface area contributed by atoms with Crippen LogP contribution in [0.25, 0.3) is 10.8 Å². The van der Waals surface area contributed by atoms with Crippen molar-refractivity contribution in [3.05, 3.63) is 36.0 Å². The van der Waals surface area contributed by atoms with Gasteiger partial charge in [0.05, 0.1) is 5.56 Å². The Labute approximate surface area is 112 Å². The number of nitrogens with two attached hydrogens (primary N) is 1. The van der Waals surface area contributed by atoms with E-state index < -0.39 is 0 Å². The monoisotopic (exact) mass is 258 g/mol. The van der Waals surface area contributed by atoms with Gasteiger partial charge in [-0.3, -0.25) is 4.79 Å². The number of amides is 1. The first-order valence-corrected chi connectivity index (χ1v) is 6.09. The second-order valence-electron chi connectivity index (χ2n) is 5.41. The molecule has 19 heavy (non-hydrogen) atoms. The summed E-state index contributed by atoms with van der Waals surface area (Å²) in [5.41, 5.74) is 2.80. The fourth-order valence-electron chi connectivity index (χ4n) is 1.90. The summed E-state index contributed by atoms with van der Waals surface area (Å²) in [5, 5.41) is 4.59. The van der Waals surface area contributed by atoms with Gasteiger partial charge in [-0.15, -0.1) is 0 Å². The van der Waals surface area contributed by atoms with Gasteiger partial charge in [-0.1, -0.05) is 24.3 Å². The molecule has 4 N–H and O–H groups in total. The van der Waals surface area contributed by atoms with Crippen LogP contribution in [0.2, 0.25) is 0 Å². The van der Waals surface area contributed by atoms with Gasteiger partial charge in [-0.25, -0.2) is 10.8 Å². The van der Waals surface area contributed by atoms with Crippen LogP contribution in [0.5, 0.6) is 0 Å². The Kier molecular flexibility index (Phi) is 3.40. The van der Waals surface area contributed by atoms with Gasteiger partial charge in [0.15, 0.2) is 0 Å². The van der Waals surface area contributed by atoms with Crippen LogP contribution >= 0.6 is 0 Å². The van der Waals surface area contributed by atoms with E-state index in [1.165, 1.54) is 0 Å². The quantitative estimate of drug-likeness (QED) is 0.569. The van der Waals surface area contributed by atoms with Crippen LogP contribution in [0.4, 0.5) is 5.82 Å². The summed E-state index contributed by atoms with van der Waals surface area (Å²) in [6.07, 6.45) is 1.54. The van der Waals surface area contributed by atoms with Crippen molar-refractivity contribution >= 4 is 22.5 Å². The van der Waals surface area contributed by atoms with Gasteiger partial charge in [-0.05, 0) is 26.2 Å². The molecule has 5 heteroatoms. The third-order valence-electron chi connectivity index (χ3n) is 2.66. The van der Waals surface area contributed by atoms with Crippen molar-refractivity contribution < 1.29 is 4.79 Å². The number of hydrogen-bond acceptors (Lipinski definition) is 4. The molecule has 2 rings (SSSR count). The fraction of sp³-hybridized carbons (Fsp3) is 0.286. The zero-order chi connectivity index (χ0) is 14.0. The first kappa shape index (κ1) is 13.3. The lowest BCUT2D eigenvalue weighted by Gasteiger charge is -2.21. The SMILES string of the molecule is CC(C)(C)NC(=O)c1cnc(NN)c2ccccc12. The van der Waals surface area contributed by atoms with Crippen molar-refractivity contribution in [2.75, 3.05) is 5.43 Å². The number of hydrogen-bond donors (Lipinski definition) is 3. The van der Waals surface area contributed by atoms with Crippen LogP contribution in [-0.4, -0.2) is 16.4 Å².